The number of benzene rings is 1. The summed E-state index contributed by atoms with van der Waals surface area (Å²) in [6.07, 6.45) is -8.28. The second kappa shape index (κ2) is 11.4. The average molecular weight is 984 g/mol. The van der Waals surface area contributed by atoms with E-state index in [1.807, 2.05) is 90.4 Å². The number of rotatable bonds is 7. The van der Waals surface area contributed by atoms with Crippen molar-refractivity contribution in [1.29, 1.82) is 0 Å². The van der Waals surface area contributed by atoms with Gasteiger partial charge in [0.2, 0.25) is 6.10 Å². The third-order valence-electron chi connectivity index (χ3n) is 6.02. The molecule has 5 atom stereocenters. The Balaban J connectivity index is 1.73. The Morgan fingerprint density at radius 3 is 1.94 bits per heavy atom. The van der Waals surface area contributed by atoms with E-state index in [2.05, 4.69) is 4.74 Å². The van der Waals surface area contributed by atoms with Gasteiger partial charge in [0.1, 0.15) is 11.9 Å². The highest BCUT2D eigenvalue weighted by atomic mass is 127. The Bertz CT molecular complexity index is 1220. The maximum absolute atomic E-state index is 13.1. The number of carbonyl (C=O) groups excluding carboxylic acids is 2. The van der Waals surface area contributed by atoms with Crippen LogP contribution >= 0.6 is 90.4 Å². The third kappa shape index (κ3) is 6.69. The van der Waals surface area contributed by atoms with Crippen molar-refractivity contribution >= 4 is 118 Å². The normalized spacial score (nSPS) is 24.4. The van der Waals surface area contributed by atoms with Gasteiger partial charge in [0, 0.05) is 14.3 Å². The van der Waals surface area contributed by atoms with Crippen LogP contribution in [0.4, 0.5) is 13.2 Å². The fourth-order valence-corrected chi connectivity index (χ4v) is 8.77. The Labute approximate surface area is 257 Å². The highest BCUT2D eigenvalue weighted by Crippen LogP contribution is 2.50. The van der Waals surface area contributed by atoms with E-state index in [0.717, 1.165) is 0 Å². The molecule has 2 N–H and O–H groups in total. The van der Waals surface area contributed by atoms with Gasteiger partial charge in [-0.15, -0.1) is 0 Å². The monoisotopic (exact) mass is 984 g/mol. The van der Waals surface area contributed by atoms with Crippen molar-refractivity contribution in [3.8, 4) is 0 Å². The first-order chi connectivity index (χ1) is 16.4. The summed E-state index contributed by atoms with van der Waals surface area (Å²) in [6.45, 7) is 0. The van der Waals surface area contributed by atoms with E-state index in [9.17, 15) is 41.1 Å². The predicted octanol–water partition coefficient (Wildman–Crippen LogP) is 4.74. The predicted molar refractivity (Wildman–Crippen MR) is 150 cm³/mol. The first-order valence-electron chi connectivity index (χ1n) is 9.94. The van der Waals surface area contributed by atoms with Crippen LogP contribution in [-0.4, -0.2) is 60.1 Å². The van der Waals surface area contributed by atoms with E-state index in [-0.39, 0.29) is 29.9 Å². The van der Waals surface area contributed by atoms with E-state index >= 15 is 0 Å². The van der Waals surface area contributed by atoms with Crippen LogP contribution in [0, 0.1) is 32.0 Å². The molecule has 200 valence electrons. The molecule has 3 rings (SSSR count). The number of halogens is 7. The first-order valence-corrected chi connectivity index (χ1v) is 15.9. The van der Waals surface area contributed by atoms with Gasteiger partial charge in [0.05, 0.1) is 17.0 Å². The molecule has 0 aliphatic heterocycles. The van der Waals surface area contributed by atoms with Gasteiger partial charge in [-0.2, -0.15) is 21.6 Å². The van der Waals surface area contributed by atoms with Gasteiger partial charge in [-0.25, -0.2) is 9.59 Å². The Morgan fingerprint density at radius 1 is 0.944 bits per heavy atom. The SMILES string of the molecule is O=C(O)c1c(I)c(I)c(I)c(I)c1C(=O)OC1CC2CC1CC2C(=O)OC(CS(=O)(=O)O)C(F)(F)F. The lowest BCUT2D eigenvalue weighted by atomic mass is 9.87. The topological polar surface area (TPSA) is 144 Å². The molecule has 9 nitrogen and oxygen atoms in total. The van der Waals surface area contributed by atoms with Gasteiger partial charge in [-0.1, -0.05) is 0 Å². The standard InChI is InChI=1S/C19H15F3I4O9S/c20-19(21,22)9(4-36(31,32)33)35-17(29)7-2-6-1-5(7)3-8(6)34-18(30)11-10(16(27)28)12(23)14(25)15(26)13(11)24/h5-9H,1-4H2,(H,27,28)(H,31,32,33). The smallest absolute Gasteiger partial charge is 0.426 e. The largest absolute Gasteiger partial charge is 0.478 e. The molecular formula is C19H15F3I4O9S. The van der Waals surface area contributed by atoms with Gasteiger partial charge in [0.15, 0.2) is 0 Å². The minimum atomic E-state index is -5.19. The molecule has 0 saturated heterocycles. The summed E-state index contributed by atoms with van der Waals surface area (Å²) in [5.74, 6) is -6.95. The number of carbonyl (C=O) groups is 3. The number of carboxylic acid groups (broad SMARTS) is 1. The summed E-state index contributed by atoms with van der Waals surface area (Å²) in [5.41, 5.74) is -0.272. The second-order valence-corrected chi connectivity index (χ2v) is 14.1. The molecule has 2 aliphatic carbocycles. The summed E-state index contributed by atoms with van der Waals surface area (Å²) < 4.78 is 82.1. The number of esters is 2. The Morgan fingerprint density at radius 2 is 1.50 bits per heavy atom. The fraction of sp³-hybridized carbons (Fsp3) is 0.526. The lowest BCUT2D eigenvalue weighted by Gasteiger charge is -2.28. The molecule has 2 fully saturated rings. The van der Waals surface area contributed by atoms with Crippen molar-refractivity contribution in [1.82, 2.24) is 0 Å². The van der Waals surface area contributed by atoms with Gasteiger partial charge in [-0.05, 0) is 121 Å². The number of hydrogen-bond donors (Lipinski definition) is 2. The molecule has 1 aromatic carbocycles. The number of ether oxygens (including phenoxy) is 2. The third-order valence-corrected chi connectivity index (χ3v) is 14.2. The van der Waals surface area contributed by atoms with Gasteiger partial charge in [-0.3, -0.25) is 9.35 Å². The van der Waals surface area contributed by atoms with E-state index in [4.69, 9.17) is 9.29 Å². The lowest BCUT2D eigenvalue weighted by Crippen LogP contribution is -2.42. The van der Waals surface area contributed by atoms with Crippen molar-refractivity contribution < 1.29 is 55.1 Å². The molecule has 1 aromatic rings. The quantitative estimate of drug-likeness (QED) is 0.130. The highest BCUT2D eigenvalue weighted by Gasteiger charge is 2.53. The number of hydrogen-bond acceptors (Lipinski definition) is 7. The average Bonchev–Trinajstić information content (AvgIpc) is 3.32. The molecule has 0 aromatic heterocycles. The maximum Gasteiger partial charge on any atom is 0.426 e. The molecule has 0 heterocycles. The summed E-state index contributed by atoms with van der Waals surface area (Å²) in [6, 6.07) is 0. The van der Waals surface area contributed by atoms with Crippen molar-refractivity contribution in [3.05, 3.63) is 25.4 Å². The van der Waals surface area contributed by atoms with Gasteiger partial charge < -0.3 is 14.6 Å². The van der Waals surface area contributed by atoms with Crippen LogP contribution in [0.15, 0.2) is 0 Å². The van der Waals surface area contributed by atoms with Crippen molar-refractivity contribution in [2.45, 2.75) is 37.6 Å². The molecule has 5 unspecified atom stereocenters. The summed E-state index contributed by atoms with van der Waals surface area (Å²) in [5, 5.41) is 9.69. The van der Waals surface area contributed by atoms with E-state index in [1.165, 1.54) is 0 Å². The second-order valence-electron chi connectivity index (χ2n) is 8.30. The lowest BCUT2D eigenvalue weighted by molar-refractivity contribution is -0.218. The summed E-state index contributed by atoms with van der Waals surface area (Å²) >= 11 is 7.72. The van der Waals surface area contributed by atoms with Gasteiger partial charge >= 0.3 is 24.1 Å². The minimum Gasteiger partial charge on any atom is -0.478 e. The van der Waals surface area contributed by atoms with Crippen LogP contribution in [0.3, 0.4) is 0 Å². The van der Waals surface area contributed by atoms with Crippen molar-refractivity contribution in [3.63, 3.8) is 0 Å². The Hall–Kier alpha value is 0.250. The molecule has 2 bridgehead atoms. The molecule has 0 radical (unpaired) electrons. The molecule has 0 spiro atoms. The zero-order valence-corrected chi connectivity index (χ0v) is 27.0. The maximum atomic E-state index is 13.1. The van der Waals surface area contributed by atoms with Crippen LogP contribution in [0.2, 0.25) is 0 Å². The van der Waals surface area contributed by atoms with Crippen molar-refractivity contribution in [2.75, 3.05) is 5.75 Å². The Kier molecular flexibility index (Phi) is 9.74. The first kappa shape index (κ1) is 30.8. The van der Waals surface area contributed by atoms with Gasteiger partial charge in [0.25, 0.3) is 10.1 Å². The molecule has 0 amide bonds. The van der Waals surface area contributed by atoms with Crippen LogP contribution in [0.1, 0.15) is 40.0 Å². The zero-order valence-electron chi connectivity index (χ0n) is 17.5. The highest BCUT2D eigenvalue weighted by molar-refractivity contribution is 14.1. The van der Waals surface area contributed by atoms with E-state index < -0.39 is 64.0 Å². The molecular weight excluding hydrogens is 969 g/mol. The number of carboxylic acids is 1. The summed E-state index contributed by atoms with van der Waals surface area (Å²) in [4.78, 5) is 37.4. The van der Waals surface area contributed by atoms with Crippen molar-refractivity contribution in [2.24, 2.45) is 17.8 Å². The molecule has 2 aliphatic rings. The summed E-state index contributed by atoms with van der Waals surface area (Å²) in [7, 11) is -5.06. The van der Waals surface area contributed by atoms with Crippen LogP contribution in [0.25, 0.3) is 0 Å². The molecule has 2 saturated carbocycles. The minimum absolute atomic E-state index is 0.0581. The van der Waals surface area contributed by atoms with Crippen LogP contribution < -0.4 is 0 Å². The molecule has 36 heavy (non-hydrogen) atoms. The molecule has 17 heteroatoms. The van der Waals surface area contributed by atoms with E-state index in [0.29, 0.717) is 20.7 Å². The number of aromatic carboxylic acids is 1. The zero-order chi connectivity index (χ0) is 27.3. The van der Waals surface area contributed by atoms with E-state index in [1.54, 1.807) is 0 Å². The number of alkyl halides is 3. The van der Waals surface area contributed by atoms with Crippen LogP contribution in [0.5, 0.6) is 0 Å². The number of fused-ring (bicyclic) bond motifs is 2. The fourth-order valence-electron chi connectivity index (χ4n) is 4.49. The van der Waals surface area contributed by atoms with Crippen LogP contribution in [-0.2, 0) is 24.4 Å².